The Kier molecular flexibility index (Phi) is 7.83. The largest absolute Gasteiger partial charge is 0.328 e. The number of nitrogens with two attached hydrogens (primary N) is 1. The van der Waals surface area contributed by atoms with Crippen LogP contribution in [0.5, 0.6) is 0 Å². The van der Waals surface area contributed by atoms with E-state index in [0.717, 1.165) is 12.8 Å². The van der Waals surface area contributed by atoms with Gasteiger partial charge in [0.05, 0.1) is 12.7 Å². The molecule has 0 heterocycles. The molecule has 68 valence electrons. The van der Waals surface area contributed by atoms with Gasteiger partial charge in [-0.25, -0.2) is 0 Å². The second-order valence-electron chi connectivity index (χ2n) is 2.45. The van der Waals surface area contributed by atoms with Gasteiger partial charge in [-0.05, 0) is 13.3 Å². The zero-order valence-corrected chi connectivity index (χ0v) is 7.30. The van der Waals surface area contributed by atoms with Crippen LogP contribution in [0, 0.1) is 0 Å². The van der Waals surface area contributed by atoms with Crippen LogP contribution >= 0.6 is 0 Å². The van der Waals surface area contributed by atoms with E-state index in [2.05, 4.69) is 12.6 Å². The van der Waals surface area contributed by atoms with Crippen molar-refractivity contribution >= 4 is 0 Å². The normalized spacial score (nSPS) is 13.4. The zero-order chi connectivity index (χ0) is 8.53. The molecule has 0 aliphatic heterocycles. The average Bonchev–Trinajstić information content (AvgIpc) is 2.04. The predicted molar refractivity (Wildman–Crippen MR) is 43.6 cm³/mol. The van der Waals surface area contributed by atoms with Crippen LogP contribution in [-0.2, 0) is 9.68 Å². The molecule has 0 radical (unpaired) electrons. The smallest absolute Gasteiger partial charge is 0.0911 e. The highest BCUT2D eigenvalue weighted by Gasteiger charge is 1.96. The average molecular weight is 162 g/mol. The van der Waals surface area contributed by atoms with Gasteiger partial charge in [0.2, 0.25) is 0 Å². The van der Waals surface area contributed by atoms with E-state index in [0.29, 0.717) is 13.2 Å². The Balaban J connectivity index is 2.89. The number of nitrogens with one attached hydrogen (secondary N) is 1. The van der Waals surface area contributed by atoms with Crippen molar-refractivity contribution < 1.29 is 9.68 Å². The molecule has 0 aliphatic carbocycles. The van der Waals surface area contributed by atoms with Gasteiger partial charge in [-0.1, -0.05) is 19.0 Å². The second-order valence-corrected chi connectivity index (χ2v) is 2.45. The Morgan fingerprint density at radius 3 is 2.82 bits per heavy atom. The van der Waals surface area contributed by atoms with Crippen molar-refractivity contribution in [1.29, 1.82) is 0 Å². The van der Waals surface area contributed by atoms with Gasteiger partial charge >= 0.3 is 0 Å². The van der Waals surface area contributed by atoms with Crippen LogP contribution < -0.4 is 11.4 Å². The first-order chi connectivity index (χ1) is 5.31. The fraction of sp³-hybridized carbons (Fsp3) is 1.00. The molecular weight excluding hydrogens is 144 g/mol. The topological polar surface area (TPSA) is 56.5 Å². The third-order valence-corrected chi connectivity index (χ3v) is 1.24. The summed E-state index contributed by atoms with van der Waals surface area (Å²) in [5.74, 6) is 0. The molecule has 0 aromatic heterocycles. The van der Waals surface area contributed by atoms with Gasteiger partial charge in [0.25, 0.3) is 0 Å². The van der Waals surface area contributed by atoms with E-state index in [9.17, 15) is 0 Å². The van der Waals surface area contributed by atoms with Gasteiger partial charge in [0.15, 0.2) is 0 Å². The molecule has 0 amide bonds. The summed E-state index contributed by atoms with van der Waals surface area (Å²) >= 11 is 0. The molecule has 11 heavy (non-hydrogen) atoms. The van der Waals surface area contributed by atoms with Gasteiger partial charge in [0, 0.05) is 6.54 Å². The van der Waals surface area contributed by atoms with Gasteiger partial charge < -0.3 is 5.73 Å². The highest BCUT2D eigenvalue weighted by atomic mass is 16.9. The van der Waals surface area contributed by atoms with E-state index < -0.39 is 0 Å². The summed E-state index contributed by atoms with van der Waals surface area (Å²) in [6.45, 7) is 5.14. The maximum absolute atomic E-state index is 5.29. The van der Waals surface area contributed by atoms with E-state index in [-0.39, 0.29) is 6.10 Å². The van der Waals surface area contributed by atoms with Crippen molar-refractivity contribution in [1.82, 2.24) is 5.64 Å². The van der Waals surface area contributed by atoms with Crippen LogP contribution in [0.4, 0.5) is 0 Å². The lowest BCUT2D eigenvalue weighted by atomic mass is 10.4. The van der Waals surface area contributed by atoms with Crippen molar-refractivity contribution in [2.75, 3.05) is 13.2 Å². The summed E-state index contributed by atoms with van der Waals surface area (Å²) in [5, 5.41) is 0. The first-order valence-corrected chi connectivity index (χ1v) is 4.03. The van der Waals surface area contributed by atoms with Crippen LogP contribution in [0.1, 0.15) is 26.7 Å². The summed E-state index contributed by atoms with van der Waals surface area (Å²) in [6.07, 6.45) is 2.15. The van der Waals surface area contributed by atoms with Crippen molar-refractivity contribution in [3.05, 3.63) is 0 Å². The lowest BCUT2D eigenvalue weighted by Crippen LogP contribution is -2.28. The Bertz CT molecular complexity index is 80.8. The number of hydrogen-bond acceptors (Lipinski definition) is 4. The van der Waals surface area contributed by atoms with Crippen molar-refractivity contribution in [3.8, 4) is 0 Å². The maximum Gasteiger partial charge on any atom is 0.0911 e. The highest BCUT2D eigenvalue weighted by molar-refractivity contribution is 4.43. The molecule has 0 saturated carbocycles. The molecule has 4 nitrogen and oxygen atoms in total. The molecule has 0 bridgehead atoms. The Hall–Kier alpha value is -0.160. The summed E-state index contributed by atoms with van der Waals surface area (Å²) in [6, 6.07) is 0. The van der Waals surface area contributed by atoms with E-state index in [1.54, 1.807) is 0 Å². The van der Waals surface area contributed by atoms with Gasteiger partial charge in [-0.3, -0.25) is 9.68 Å². The van der Waals surface area contributed by atoms with Gasteiger partial charge in [-0.15, -0.1) is 0 Å². The van der Waals surface area contributed by atoms with Crippen molar-refractivity contribution in [2.24, 2.45) is 5.73 Å². The molecule has 0 aromatic rings. The first kappa shape index (κ1) is 10.8. The summed E-state index contributed by atoms with van der Waals surface area (Å²) in [4.78, 5) is 9.86. The van der Waals surface area contributed by atoms with Crippen LogP contribution in [0.3, 0.4) is 0 Å². The third-order valence-electron chi connectivity index (χ3n) is 1.24. The first-order valence-electron chi connectivity index (χ1n) is 4.03. The maximum atomic E-state index is 5.29. The minimum absolute atomic E-state index is 0.00312. The molecule has 1 unspecified atom stereocenters. The van der Waals surface area contributed by atoms with E-state index in [1.807, 2.05) is 6.92 Å². The van der Waals surface area contributed by atoms with Crippen LogP contribution in [-0.4, -0.2) is 19.3 Å². The number of hydrogen-bond donors (Lipinski definition) is 2. The molecule has 1 atom stereocenters. The zero-order valence-electron chi connectivity index (χ0n) is 7.30. The third kappa shape index (κ3) is 7.74. The number of unbranched alkanes of at least 4 members (excludes halogenated alkanes) is 1. The van der Waals surface area contributed by atoms with Gasteiger partial charge in [0.1, 0.15) is 0 Å². The highest BCUT2D eigenvalue weighted by Crippen LogP contribution is 1.86. The monoisotopic (exact) mass is 162 g/mol. The Morgan fingerprint density at radius 2 is 2.27 bits per heavy atom. The molecule has 0 spiro atoms. The molecule has 0 rings (SSSR count). The minimum Gasteiger partial charge on any atom is -0.328 e. The molecule has 0 aliphatic rings. The fourth-order valence-corrected chi connectivity index (χ4v) is 0.422. The second kappa shape index (κ2) is 7.94. The quantitative estimate of drug-likeness (QED) is 0.425. The molecule has 4 heteroatoms. The van der Waals surface area contributed by atoms with Crippen LogP contribution in [0.25, 0.3) is 0 Å². The predicted octanol–water partition coefficient (Wildman–Crippen LogP) is 0.586. The standard InChI is InChI=1S/C7H18N2O2/c1-3-4-5-10-9-11-7(2)6-8/h7,9H,3-6,8H2,1-2H3. The van der Waals surface area contributed by atoms with Crippen molar-refractivity contribution in [3.63, 3.8) is 0 Å². The molecule has 0 fully saturated rings. The minimum atomic E-state index is -0.00312. The Morgan fingerprint density at radius 1 is 1.55 bits per heavy atom. The molecule has 0 aromatic carbocycles. The Labute approximate surface area is 68.0 Å². The summed E-state index contributed by atoms with van der Waals surface area (Å²) in [5.41, 5.74) is 7.68. The lowest BCUT2D eigenvalue weighted by molar-refractivity contribution is -0.192. The van der Waals surface area contributed by atoms with Crippen LogP contribution in [0.2, 0.25) is 0 Å². The van der Waals surface area contributed by atoms with E-state index in [4.69, 9.17) is 15.4 Å². The van der Waals surface area contributed by atoms with E-state index >= 15 is 0 Å². The van der Waals surface area contributed by atoms with E-state index in [1.165, 1.54) is 0 Å². The molecular formula is C7H18N2O2. The van der Waals surface area contributed by atoms with Crippen LogP contribution in [0.15, 0.2) is 0 Å². The van der Waals surface area contributed by atoms with Crippen molar-refractivity contribution in [2.45, 2.75) is 32.8 Å². The molecule has 0 saturated heterocycles. The summed E-state index contributed by atoms with van der Waals surface area (Å²) < 4.78 is 0. The fourth-order valence-electron chi connectivity index (χ4n) is 0.422. The number of rotatable bonds is 7. The SMILES string of the molecule is CCCCONOC(C)CN. The lowest BCUT2D eigenvalue weighted by Gasteiger charge is -2.10. The molecule has 3 N–H and O–H groups in total. The summed E-state index contributed by atoms with van der Waals surface area (Å²) in [7, 11) is 0. The van der Waals surface area contributed by atoms with Gasteiger partial charge in [-0.2, -0.15) is 0 Å².